The molecule has 0 aromatic carbocycles. The molecule has 0 radical (unpaired) electrons. The summed E-state index contributed by atoms with van der Waals surface area (Å²) >= 11 is 0. The minimum Gasteiger partial charge on any atom is -0.469 e. The van der Waals surface area contributed by atoms with Crippen molar-refractivity contribution in [2.75, 3.05) is 0 Å². The van der Waals surface area contributed by atoms with E-state index in [9.17, 15) is 4.79 Å². The van der Waals surface area contributed by atoms with Crippen molar-refractivity contribution in [3.63, 3.8) is 0 Å². The molecular weight excluding hydrogens is 200 g/mol. The van der Waals surface area contributed by atoms with E-state index in [4.69, 9.17) is 4.42 Å². The third-order valence-corrected chi connectivity index (χ3v) is 4.15. The van der Waals surface area contributed by atoms with Gasteiger partial charge in [0.2, 0.25) is 0 Å². The lowest BCUT2D eigenvalue weighted by Crippen LogP contribution is -2.10. The van der Waals surface area contributed by atoms with Crippen molar-refractivity contribution in [1.29, 1.82) is 0 Å². The van der Waals surface area contributed by atoms with E-state index in [0.717, 1.165) is 24.2 Å². The summed E-state index contributed by atoms with van der Waals surface area (Å²) in [4.78, 5) is 11.8. The molecule has 0 N–H and O–H groups in total. The summed E-state index contributed by atoms with van der Waals surface area (Å²) in [6, 6.07) is 2.03. The van der Waals surface area contributed by atoms with Crippen LogP contribution in [-0.4, -0.2) is 5.78 Å². The molecule has 0 aliphatic heterocycles. The van der Waals surface area contributed by atoms with Crippen LogP contribution in [0.1, 0.15) is 38.0 Å². The first-order valence-corrected chi connectivity index (χ1v) is 5.99. The number of hydrogen-bond acceptors (Lipinski definition) is 2. The molecule has 0 fully saturated rings. The average Bonchev–Trinajstić information content (AvgIpc) is 2.79. The summed E-state index contributed by atoms with van der Waals surface area (Å²) in [6.07, 6.45) is 4.58. The lowest BCUT2D eigenvalue weighted by Gasteiger charge is -2.18. The number of Topliss-reactive ketones (excluding diaryl/α,β-unsaturated/α-hetero) is 1. The minimum atomic E-state index is 0.320. The second-order valence-corrected chi connectivity index (χ2v) is 5.05. The van der Waals surface area contributed by atoms with Crippen molar-refractivity contribution in [1.82, 2.24) is 0 Å². The van der Waals surface area contributed by atoms with Gasteiger partial charge in [-0.05, 0) is 42.4 Å². The standard InChI is InChI=1S/C14H16O2/c1-8-3-4-13-10(5-6-16-13)14-9(2)12(15)7-11(8)14/h5-6,8,11H,3-4,7H2,1-2H3/t8-,11-/m1/s1. The number of carbonyl (C=O) groups excluding carboxylic acids is 1. The SMILES string of the molecule is CC1=C2c3ccoc3CC[C@@H](C)[C@H]2CC1=O. The fourth-order valence-corrected chi connectivity index (χ4v) is 3.10. The normalized spacial score (nSPS) is 29.0. The Morgan fingerprint density at radius 2 is 2.25 bits per heavy atom. The van der Waals surface area contributed by atoms with Gasteiger partial charge < -0.3 is 4.42 Å². The van der Waals surface area contributed by atoms with E-state index in [0.29, 0.717) is 24.0 Å². The molecule has 0 unspecified atom stereocenters. The quantitative estimate of drug-likeness (QED) is 0.666. The molecule has 0 saturated heterocycles. The number of aryl methyl sites for hydroxylation is 1. The van der Waals surface area contributed by atoms with Crippen LogP contribution in [0, 0.1) is 11.8 Å². The minimum absolute atomic E-state index is 0.320. The molecule has 0 saturated carbocycles. The number of hydrogen-bond donors (Lipinski definition) is 0. The van der Waals surface area contributed by atoms with Gasteiger partial charge in [0.25, 0.3) is 0 Å². The van der Waals surface area contributed by atoms with Gasteiger partial charge in [-0.2, -0.15) is 0 Å². The highest BCUT2D eigenvalue weighted by Gasteiger charge is 2.37. The van der Waals surface area contributed by atoms with Crippen LogP contribution >= 0.6 is 0 Å². The van der Waals surface area contributed by atoms with E-state index in [1.807, 2.05) is 13.0 Å². The Labute approximate surface area is 95.3 Å². The first-order chi connectivity index (χ1) is 7.68. The molecule has 84 valence electrons. The molecule has 2 heteroatoms. The highest BCUT2D eigenvalue weighted by atomic mass is 16.3. The molecule has 1 aromatic rings. The van der Waals surface area contributed by atoms with E-state index >= 15 is 0 Å². The molecule has 1 aromatic heterocycles. The monoisotopic (exact) mass is 216 g/mol. The van der Waals surface area contributed by atoms with Crippen molar-refractivity contribution in [3.8, 4) is 0 Å². The molecule has 3 rings (SSSR count). The maximum absolute atomic E-state index is 11.8. The Balaban J connectivity index is 2.20. The highest BCUT2D eigenvalue weighted by molar-refractivity contribution is 6.07. The molecule has 16 heavy (non-hydrogen) atoms. The maximum Gasteiger partial charge on any atom is 0.159 e. The fraction of sp³-hybridized carbons (Fsp3) is 0.500. The Morgan fingerprint density at radius 1 is 1.44 bits per heavy atom. The van der Waals surface area contributed by atoms with Crippen LogP contribution in [-0.2, 0) is 11.2 Å². The number of rotatable bonds is 0. The van der Waals surface area contributed by atoms with E-state index < -0.39 is 0 Å². The molecule has 2 nitrogen and oxygen atoms in total. The van der Waals surface area contributed by atoms with E-state index in [-0.39, 0.29) is 0 Å². The topological polar surface area (TPSA) is 30.2 Å². The number of allylic oxidation sites excluding steroid dienone is 2. The van der Waals surface area contributed by atoms with Crippen LogP contribution in [0.3, 0.4) is 0 Å². The number of carbonyl (C=O) groups is 1. The Hall–Kier alpha value is -1.31. The highest BCUT2D eigenvalue weighted by Crippen LogP contribution is 2.46. The summed E-state index contributed by atoms with van der Waals surface area (Å²) in [5, 5.41) is 0. The Morgan fingerprint density at radius 3 is 3.06 bits per heavy atom. The molecule has 2 aliphatic carbocycles. The van der Waals surface area contributed by atoms with Gasteiger partial charge in [-0.1, -0.05) is 6.92 Å². The maximum atomic E-state index is 11.8. The summed E-state index contributed by atoms with van der Waals surface area (Å²) in [7, 11) is 0. The van der Waals surface area contributed by atoms with Gasteiger partial charge in [-0.15, -0.1) is 0 Å². The lowest BCUT2D eigenvalue weighted by atomic mass is 9.85. The van der Waals surface area contributed by atoms with Crippen molar-refractivity contribution in [2.24, 2.45) is 11.8 Å². The second-order valence-electron chi connectivity index (χ2n) is 5.05. The van der Waals surface area contributed by atoms with Crippen molar-refractivity contribution in [3.05, 3.63) is 29.2 Å². The molecule has 1 heterocycles. The average molecular weight is 216 g/mol. The molecule has 0 bridgehead atoms. The van der Waals surface area contributed by atoms with Gasteiger partial charge in [0.15, 0.2) is 5.78 Å². The zero-order valence-electron chi connectivity index (χ0n) is 9.75. The summed E-state index contributed by atoms with van der Waals surface area (Å²) in [5.74, 6) is 2.39. The number of ketones is 1. The molecular formula is C14H16O2. The molecule has 0 spiro atoms. The second kappa shape index (κ2) is 3.34. The first-order valence-electron chi connectivity index (χ1n) is 5.99. The Kier molecular flexibility index (Phi) is 2.06. The molecule has 2 aliphatic rings. The third-order valence-electron chi connectivity index (χ3n) is 4.15. The van der Waals surface area contributed by atoms with Crippen LogP contribution in [0.5, 0.6) is 0 Å². The molecule has 2 atom stereocenters. The zero-order chi connectivity index (χ0) is 11.3. The van der Waals surface area contributed by atoms with Gasteiger partial charge in [0, 0.05) is 18.4 Å². The lowest BCUT2D eigenvalue weighted by molar-refractivity contribution is -0.115. The van der Waals surface area contributed by atoms with Crippen LogP contribution in [0.15, 0.2) is 22.3 Å². The third kappa shape index (κ3) is 1.22. The van der Waals surface area contributed by atoms with Crippen LogP contribution < -0.4 is 0 Å². The molecule has 0 amide bonds. The summed E-state index contributed by atoms with van der Waals surface area (Å²) < 4.78 is 5.53. The van der Waals surface area contributed by atoms with Crippen molar-refractivity contribution in [2.45, 2.75) is 33.1 Å². The zero-order valence-corrected chi connectivity index (χ0v) is 9.75. The van der Waals surface area contributed by atoms with Crippen LogP contribution in [0.4, 0.5) is 0 Å². The predicted octanol–water partition coefficient (Wildman–Crippen LogP) is 3.22. The van der Waals surface area contributed by atoms with E-state index in [2.05, 4.69) is 6.92 Å². The number of fused-ring (bicyclic) bond motifs is 3. The fourth-order valence-electron chi connectivity index (χ4n) is 3.10. The van der Waals surface area contributed by atoms with Gasteiger partial charge >= 0.3 is 0 Å². The van der Waals surface area contributed by atoms with E-state index in [1.54, 1.807) is 6.26 Å². The van der Waals surface area contributed by atoms with Gasteiger partial charge in [-0.3, -0.25) is 4.79 Å². The largest absolute Gasteiger partial charge is 0.469 e. The predicted molar refractivity (Wildman–Crippen MR) is 61.9 cm³/mol. The first kappa shape index (κ1) is 9.88. The van der Waals surface area contributed by atoms with Crippen molar-refractivity contribution < 1.29 is 9.21 Å². The van der Waals surface area contributed by atoms with Crippen molar-refractivity contribution >= 4 is 11.4 Å². The smallest absolute Gasteiger partial charge is 0.159 e. The van der Waals surface area contributed by atoms with Crippen LogP contribution in [0.25, 0.3) is 5.57 Å². The van der Waals surface area contributed by atoms with E-state index in [1.165, 1.54) is 11.1 Å². The Bertz CT molecular complexity index is 479. The summed E-state index contributed by atoms with van der Waals surface area (Å²) in [5.41, 5.74) is 3.41. The van der Waals surface area contributed by atoms with Gasteiger partial charge in [0.05, 0.1) is 6.26 Å². The van der Waals surface area contributed by atoms with Gasteiger partial charge in [-0.25, -0.2) is 0 Å². The summed E-state index contributed by atoms with van der Waals surface area (Å²) in [6.45, 7) is 4.22. The van der Waals surface area contributed by atoms with Gasteiger partial charge in [0.1, 0.15) is 5.76 Å². The van der Waals surface area contributed by atoms with Crippen LogP contribution in [0.2, 0.25) is 0 Å². The number of furan rings is 1.